The van der Waals surface area contributed by atoms with Gasteiger partial charge in [0, 0.05) is 0 Å². The molecule has 0 saturated heterocycles. The van der Waals surface area contributed by atoms with Crippen LogP contribution in [0.25, 0.3) is 0 Å². The third-order valence-electron chi connectivity index (χ3n) is 3.95. The Morgan fingerprint density at radius 2 is 0.759 bits per heavy atom. The molecular formula is C18H38O8S2Zn. The fourth-order valence-electron chi connectivity index (χ4n) is 2.44. The van der Waals surface area contributed by atoms with E-state index in [1.165, 1.54) is 51.4 Å². The summed E-state index contributed by atoms with van der Waals surface area (Å²) >= 11 is 0. The van der Waals surface area contributed by atoms with Crippen molar-refractivity contribution in [1.29, 1.82) is 0 Å². The topological polar surface area (TPSA) is 133 Å². The molecule has 0 radical (unpaired) electrons. The third kappa shape index (κ3) is 39.4. The molecule has 0 rings (SSSR count). The zero-order valence-electron chi connectivity index (χ0n) is 18.1. The predicted octanol–water partition coefficient (Wildman–Crippen LogP) is 4.43. The normalized spacial score (nSPS) is 11.4. The maximum atomic E-state index is 10.0. The van der Waals surface area contributed by atoms with Gasteiger partial charge in [0.15, 0.2) is 0 Å². The average molecular weight is 512 g/mol. The van der Waals surface area contributed by atoms with E-state index < -0.39 is 20.8 Å². The van der Waals surface area contributed by atoms with Gasteiger partial charge in [-0.1, -0.05) is 90.9 Å². The van der Waals surface area contributed by atoms with E-state index in [1.807, 2.05) is 0 Å². The van der Waals surface area contributed by atoms with Crippen LogP contribution >= 0.6 is 0 Å². The summed E-state index contributed by atoms with van der Waals surface area (Å²) in [6.45, 7) is 4.37. The van der Waals surface area contributed by atoms with Crippen LogP contribution in [0, 0.1) is 0 Å². The smallest absolute Gasteiger partial charge is 0.726 e. The van der Waals surface area contributed by atoms with Crippen molar-refractivity contribution in [3.05, 3.63) is 0 Å². The van der Waals surface area contributed by atoms with Gasteiger partial charge in [-0.25, -0.2) is 16.8 Å². The molecule has 0 aromatic rings. The molecule has 0 spiro atoms. The number of hydrogen-bond acceptors (Lipinski definition) is 8. The van der Waals surface area contributed by atoms with Gasteiger partial charge < -0.3 is 9.11 Å². The molecule has 0 amide bonds. The van der Waals surface area contributed by atoms with E-state index in [0.717, 1.165) is 25.7 Å². The second-order valence-corrected chi connectivity index (χ2v) is 8.81. The van der Waals surface area contributed by atoms with Crippen LogP contribution in [0.4, 0.5) is 0 Å². The maximum absolute atomic E-state index is 10.0. The maximum Gasteiger partial charge on any atom is 2.00 e. The molecular weight excluding hydrogens is 474 g/mol. The van der Waals surface area contributed by atoms with Crippen LogP contribution in [0.3, 0.4) is 0 Å². The quantitative estimate of drug-likeness (QED) is 0.114. The largest absolute Gasteiger partial charge is 2.00 e. The molecule has 0 aliphatic heterocycles. The second kappa shape index (κ2) is 23.0. The zero-order chi connectivity index (χ0) is 21.7. The van der Waals surface area contributed by atoms with Crippen molar-refractivity contribution < 1.29 is 53.8 Å². The van der Waals surface area contributed by atoms with Gasteiger partial charge in [-0.15, -0.1) is 0 Å². The molecule has 0 atom stereocenters. The monoisotopic (exact) mass is 510 g/mol. The first-order chi connectivity index (χ1) is 13.1. The first-order valence-electron chi connectivity index (χ1n) is 10.3. The summed E-state index contributed by atoms with van der Waals surface area (Å²) in [6.07, 6.45) is 15.1. The molecule has 0 aromatic carbocycles. The van der Waals surface area contributed by atoms with Crippen LogP contribution in [0.5, 0.6) is 0 Å². The Bertz CT molecular complexity index is 476. The van der Waals surface area contributed by atoms with Crippen molar-refractivity contribution in [1.82, 2.24) is 0 Å². The summed E-state index contributed by atoms with van der Waals surface area (Å²) in [7, 11) is -8.95. The fraction of sp³-hybridized carbons (Fsp3) is 1.00. The molecule has 8 nitrogen and oxygen atoms in total. The van der Waals surface area contributed by atoms with E-state index in [9.17, 15) is 25.9 Å². The van der Waals surface area contributed by atoms with Gasteiger partial charge in [0.25, 0.3) is 0 Å². The molecule has 0 heterocycles. The van der Waals surface area contributed by atoms with Crippen molar-refractivity contribution in [2.45, 2.75) is 104 Å². The Kier molecular flexibility index (Phi) is 27.0. The van der Waals surface area contributed by atoms with Crippen molar-refractivity contribution in [3.8, 4) is 0 Å². The summed E-state index contributed by atoms with van der Waals surface area (Å²) in [5, 5.41) is 0. The molecule has 172 valence electrons. The van der Waals surface area contributed by atoms with Gasteiger partial charge in [-0.05, 0) is 12.8 Å². The third-order valence-corrected chi connectivity index (χ3v) is 4.86. The van der Waals surface area contributed by atoms with Gasteiger partial charge >= 0.3 is 19.5 Å². The molecule has 0 aliphatic rings. The number of rotatable bonds is 18. The standard InChI is InChI=1S/2C9H20O4S.Zn/c2*1-2-3-4-5-6-7-8-9-13-14(10,11)12;/h2*2-9H2,1H3,(H,10,11,12);/q;;+2/p-2. The van der Waals surface area contributed by atoms with Crippen molar-refractivity contribution in [3.63, 3.8) is 0 Å². The van der Waals surface area contributed by atoms with Gasteiger partial charge in [0.05, 0.1) is 13.2 Å². The van der Waals surface area contributed by atoms with Crippen molar-refractivity contribution in [2.75, 3.05) is 13.2 Å². The minimum atomic E-state index is -4.48. The second-order valence-electron chi connectivity index (χ2n) is 6.70. The molecule has 0 unspecified atom stereocenters. The van der Waals surface area contributed by atoms with E-state index >= 15 is 0 Å². The van der Waals surface area contributed by atoms with Crippen molar-refractivity contribution in [2.24, 2.45) is 0 Å². The summed E-state index contributed by atoms with van der Waals surface area (Å²) in [5.41, 5.74) is 0. The molecule has 0 fully saturated rings. The summed E-state index contributed by atoms with van der Waals surface area (Å²) in [6, 6.07) is 0. The number of hydrogen-bond donors (Lipinski definition) is 0. The summed E-state index contributed by atoms with van der Waals surface area (Å²) in [4.78, 5) is 0. The van der Waals surface area contributed by atoms with Gasteiger partial charge in [0.1, 0.15) is 0 Å². The first-order valence-corrected chi connectivity index (χ1v) is 13.0. The van der Waals surface area contributed by atoms with Crippen LogP contribution in [-0.4, -0.2) is 39.2 Å². The predicted molar refractivity (Wildman–Crippen MR) is 107 cm³/mol. The van der Waals surface area contributed by atoms with Crippen molar-refractivity contribution >= 4 is 20.8 Å². The van der Waals surface area contributed by atoms with Crippen LogP contribution in [0.2, 0.25) is 0 Å². The van der Waals surface area contributed by atoms with E-state index in [2.05, 4.69) is 22.2 Å². The molecule has 0 saturated carbocycles. The molecule has 29 heavy (non-hydrogen) atoms. The Balaban J connectivity index is -0.000000451. The van der Waals surface area contributed by atoms with E-state index in [-0.39, 0.29) is 32.7 Å². The SMILES string of the molecule is CCCCCCCCCOS(=O)(=O)[O-].CCCCCCCCCOS(=O)(=O)[O-].[Zn+2]. The summed E-state index contributed by atoms with van der Waals surface area (Å²) in [5.74, 6) is 0. The Hall–Kier alpha value is 0.363. The van der Waals surface area contributed by atoms with Crippen LogP contribution in [-0.2, 0) is 48.6 Å². The molecule has 0 aliphatic carbocycles. The zero-order valence-corrected chi connectivity index (χ0v) is 22.7. The van der Waals surface area contributed by atoms with Gasteiger partial charge in [-0.3, -0.25) is 8.37 Å². The van der Waals surface area contributed by atoms with Crippen LogP contribution in [0.1, 0.15) is 104 Å². The minimum absolute atomic E-state index is 0. The van der Waals surface area contributed by atoms with Crippen LogP contribution in [0.15, 0.2) is 0 Å². The first kappa shape index (κ1) is 34.0. The molecule has 11 heteroatoms. The fourth-order valence-corrected chi connectivity index (χ4v) is 3.08. The van der Waals surface area contributed by atoms with Gasteiger partial charge in [0.2, 0.25) is 20.8 Å². The van der Waals surface area contributed by atoms with Gasteiger partial charge in [-0.2, -0.15) is 0 Å². The number of unbranched alkanes of at least 4 members (excludes halogenated alkanes) is 12. The van der Waals surface area contributed by atoms with Crippen LogP contribution < -0.4 is 0 Å². The molecule has 0 bridgehead atoms. The molecule has 0 N–H and O–H groups in total. The van der Waals surface area contributed by atoms with E-state index in [0.29, 0.717) is 12.8 Å². The Morgan fingerprint density at radius 1 is 0.517 bits per heavy atom. The van der Waals surface area contributed by atoms with E-state index in [4.69, 9.17) is 0 Å². The van der Waals surface area contributed by atoms with E-state index in [1.54, 1.807) is 0 Å². The minimum Gasteiger partial charge on any atom is -0.726 e. The molecule has 0 aromatic heterocycles. The Labute approximate surface area is 191 Å². The Morgan fingerprint density at radius 3 is 1.00 bits per heavy atom. The average Bonchev–Trinajstić information content (AvgIpc) is 2.58. The summed E-state index contributed by atoms with van der Waals surface area (Å²) < 4.78 is 68.3.